The van der Waals surface area contributed by atoms with E-state index in [9.17, 15) is 35.1 Å². The van der Waals surface area contributed by atoms with Crippen LogP contribution in [0.1, 0.15) is 400 Å². The van der Waals surface area contributed by atoms with E-state index in [2.05, 4.69) is 50.4 Å². The number of carbonyl (C=O) groups is 2. The van der Waals surface area contributed by atoms with Crippen LogP contribution >= 0.6 is 0 Å². The molecule has 11 heteroatoms. The van der Waals surface area contributed by atoms with Gasteiger partial charge in [-0.2, -0.15) is 0 Å². The number of esters is 1. The largest absolute Gasteiger partial charge is 0.454 e. The van der Waals surface area contributed by atoms with Gasteiger partial charge in [-0.3, -0.25) is 9.59 Å². The summed E-state index contributed by atoms with van der Waals surface area (Å²) in [6.07, 6.45) is 74.8. The van der Waals surface area contributed by atoms with Crippen LogP contribution in [0.25, 0.3) is 0 Å². The molecule has 0 aromatic rings. The van der Waals surface area contributed by atoms with Gasteiger partial charge in [-0.15, -0.1) is 0 Å². The van der Waals surface area contributed by atoms with Crippen LogP contribution in [0, 0.1) is 0 Å². The van der Waals surface area contributed by atoms with E-state index < -0.39 is 67.4 Å². The first-order chi connectivity index (χ1) is 44.7. The molecule has 0 spiro atoms. The average molecular weight is 1290 g/mol. The number of nitrogens with one attached hydrogen (secondary N) is 1. The third kappa shape index (κ3) is 54.7. The van der Waals surface area contributed by atoms with E-state index in [1.165, 1.54) is 289 Å². The fourth-order valence-electron chi connectivity index (χ4n) is 12.8. The van der Waals surface area contributed by atoms with Gasteiger partial charge >= 0.3 is 5.97 Å². The zero-order chi connectivity index (χ0) is 66.0. The van der Waals surface area contributed by atoms with Crippen LogP contribution in [0.5, 0.6) is 0 Å². The third-order valence-corrected chi connectivity index (χ3v) is 19.0. The molecule has 0 saturated carbocycles. The van der Waals surface area contributed by atoms with Crippen molar-refractivity contribution in [1.82, 2.24) is 5.32 Å². The fourth-order valence-corrected chi connectivity index (χ4v) is 12.8. The maximum absolute atomic E-state index is 13.5. The Kier molecular flexibility index (Phi) is 64.8. The van der Waals surface area contributed by atoms with E-state index >= 15 is 0 Å². The summed E-state index contributed by atoms with van der Waals surface area (Å²) in [6.45, 7) is 5.85. The minimum atomic E-state index is -1.61. The van der Waals surface area contributed by atoms with Gasteiger partial charge in [-0.1, -0.05) is 372 Å². The van der Waals surface area contributed by atoms with Crippen molar-refractivity contribution in [3.05, 3.63) is 36.5 Å². The Labute approximate surface area is 562 Å². The van der Waals surface area contributed by atoms with Gasteiger partial charge in [0.1, 0.15) is 24.4 Å². The van der Waals surface area contributed by atoms with Crippen molar-refractivity contribution in [3.63, 3.8) is 0 Å². The Balaban J connectivity index is 2.50. The zero-order valence-electron chi connectivity index (χ0n) is 60.0. The molecule has 1 rings (SSSR count). The molecule has 0 aromatic carbocycles. The van der Waals surface area contributed by atoms with Gasteiger partial charge in [-0.05, 0) is 57.8 Å². The number of rotatable bonds is 70. The van der Waals surface area contributed by atoms with Crippen LogP contribution in [0.2, 0.25) is 0 Å². The molecular formula is C80H151NO10. The molecule has 1 saturated heterocycles. The van der Waals surface area contributed by atoms with Gasteiger partial charge in [0.2, 0.25) is 5.91 Å². The van der Waals surface area contributed by atoms with Gasteiger partial charge in [-0.25, -0.2) is 0 Å². The Bertz CT molecular complexity index is 1620. The molecule has 8 atom stereocenters. The standard InChI is InChI=1S/C80H151NO10/c1-4-7-10-13-16-19-22-25-27-29-31-33-35-37-39-41-43-45-47-50-53-56-59-62-65-68-75(85)91-78-77(87)76(86)74(69-82)90-80(78)89-70-71(72(83)66-63-60-57-54-51-48-24-21-18-15-12-9-6-3)81-79(88)73(84)67-64-61-58-55-52-49-46-44-42-40-38-36-34-32-30-28-26-23-20-17-14-11-8-5-2/h16,19,25,27,63,66,71-74,76-78,80,82-84,86-87H,4-15,17-18,20-24,26,28-62,64-65,67-70H2,1-3H3,(H,81,88)/b19-16-,27-25-,66-63+. The highest BCUT2D eigenvalue weighted by Gasteiger charge is 2.47. The Morgan fingerprint density at radius 1 is 0.429 bits per heavy atom. The van der Waals surface area contributed by atoms with Crippen molar-refractivity contribution in [1.29, 1.82) is 0 Å². The van der Waals surface area contributed by atoms with Crippen LogP contribution in [-0.2, 0) is 23.8 Å². The molecule has 0 aromatic heterocycles. The second-order valence-electron chi connectivity index (χ2n) is 27.8. The summed E-state index contributed by atoms with van der Waals surface area (Å²) < 4.78 is 17.8. The minimum absolute atomic E-state index is 0.127. The molecule has 536 valence electrons. The highest BCUT2D eigenvalue weighted by Crippen LogP contribution is 2.27. The number of aliphatic hydroxyl groups excluding tert-OH is 5. The van der Waals surface area contributed by atoms with E-state index in [0.29, 0.717) is 19.3 Å². The van der Waals surface area contributed by atoms with E-state index in [0.717, 1.165) is 64.2 Å². The number of amides is 1. The number of ether oxygens (including phenoxy) is 3. The van der Waals surface area contributed by atoms with Gasteiger partial charge in [0.05, 0.1) is 25.4 Å². The second kappa shape index (κ2) is 67.8. The third-order valence-electron chi connectivity index (χ3n) is 19.0. The van der Waals surface area contributed by atoms with E-state index in [1.54, 1.807) is 6.08 Å². The minimum Gasteiger partial charge on any atom is -0.454 e. The lowest BCUT2D eigenvalue weighted by molar-refractivity contribution is -0.305. The Morgan fingerprint density at radius 2 is 0.758 bits per heavy atom. The van der Waals surface area contributed by atoms with Crippen LogP contribution in [0.15, 0.2) is 36.5 Å². The van der Waals surface area contributed by atoms with Crippen LogP contribution in [-0.4, -0.2) is 99.6 Å². The molecule has 8 unspecified atom stereocenters. The second-order valence-corrected chi connectivity index (χ2v) is 27.8. The maximum Gasteiger partial charge on any atom is 0.306 e. The lowest BCUT2D eigenvalue weighted by atomic mass is 9.99. The van der Waals surface area contributed by atoms with Crippen molar-refractivity contribution in [3.8, 4) is 0 Å². The van der Waals surface area contributed by atoms with Crippen molar-refractivity contribution >= 4 is 11.9 Å². The van der Waals surface area contributed by atoms with E-state index in [1.807, 2.05) is 6.08 Å². The molecule has 1 aliphatic heterocycles. The normalized spacial score (nSPS) is 18.1. The predicted molar refractivity (Wildman–Crippen MR) is 384 cm³/mol. The predicted octanol–water partition coefficient (Wildman–Crippen LogP) is 21.3. The summed E-state index contributed by atoms with van der Waals surface area (Å²) in [5, 5.41) is 57.5. The lowest BCUT2D eigenvalue weighted by Gasteiger charge is -2.41. The fraction of sp³-hybridized carbons (Fsp3) is 0.900. The number of allylic oxidation sites excluding steroid dienone is 5. The molecule has 1 fully saturated rings. The number of unbranched alkanes of at least 4 members (excludes halogenated alkanes) is 52. The average Bonchev–Trinajstić information content (AvgIpc) is 1.09. The van der Waals surface area contributed by atoms with Crippen molar-refractivity contribution < 1.29 is 49.3 Å². The molecule has 1 aliphatic rings. The van der Waals surface area contributed by atoms with Gasteiger partial charge in [0.15, 0.2) is 12.4 Å². The topological polar surface area (TPSA) is 175 Å². The molecule has 1 heterocycles. The number of hydrogen-bond donors (Lipinski definition) is 6. The van der Waals surface area contributed by atoms with E-state index in [-0.39, 0.29) is 13.0 Å². The van der Waals surface area contributed by atoms with E-state index in [4.69, 9.17) is 14.2 Å². The highest BCUT2D eigenvalue weighted by molar-refractivity contribution is 5.80. The summed E-state index contributed by atoms with van der Waals surface area (Å²) in [4.78, 5) is 26.8. The maximum atomic E-state index is 13.5. The SMILES string of the molecule is CCCCC/C=C\C/C=C\CCCCCCCCCCCCCCCCCC(=O)OC1C(OCC(NC(=O)C(O)CCCCCCCCCCCCCCCCCCCCCCCCCC)C(O)/C=C/CCCCCCCCCCCCC)OC(CO)C(O)C1O. The Hall–Kier alpha value is -2.12. The van der Waals surface area contributed by atoms with Crippen LogP contribution in [0.4, 0.5) is 0 Å². The summed E-state index contributed by atoms with van der Waals surface area (Å²) in [5.74, 6) is -1.17. The summed E-state index contributed by atoms with van der Waals surface area (Å²) in [6, 6.07) is -1.02. The van der Waals surface area contributed by atoms with Crippen LogP contribution in [0.3, 0.4) is 0 Å². The molecule has 6 N–H and O–H groups in total. The molecule has 0 bridgehead atoms. The summed E-state index contributed by atoms with van der Waals surface area (Å²) >= 11 is 0. The molecule has 91 heavy (non-hydrogen) atoms. The zero-order valence-corrected chi connectivity index (χ0v) is 60.0. The van der Waals surface area contributed by atoms with Crippen molar-refractivity contribution in [2.45, 2.75) is 449 Å². The monoisotopic (exact) mass is 1290 g/mol. The summed E-state index contributed by atoms with van der Waals surface area (Å²) in [7, 11) is 0. The van der Waals surface area contributed by atoms with Gasteiger partial charge < -0.3 is 45.1 Å². The first kappa shape index (κ1) is 86.9. The van der Waals surface area contributed by atoms with Crippen molar-refractivity contribution in [2.24, 2.45) is 0 Å². The lowest BCUT2D eigenvalue weighted by Crippen LogP contribution is -2.61. The summed E-state index contributed by atoms with van der Waals surface area (Å²) in [5.41, 5.74) is 0. The number of carbonyl (C=O) groups excluding carboxylic acids is 2. The molecular weight excluding hydrogens is 1130 g/mol. The molecule has 0 aliphatic carbocycles. The van der Waals surface area contributed by atoms with Crippen molar-refractivity contribution in [2.75, 3.05) is 13.2 Å². The highest BCUT2D eigenvalue weighted by atomic mass is 16.7. The molecule has 1 amide bonds. The Morgan fingerprint density at radius 3 is 1.14 bits per heavy atom. The smallest absolute Gasteiger partial charge is 0.306 e. The first-order valence-electron chi connectivity index (χ1n) is 39.8. The van der Waals surface area contributed by atoms with Gasteiger partial charge in [0, 0.05) is 6.42 Å². The van der Waals surface area contributed by atoms with Crippen LogP contribution < -0.4 is 5.32 Å². The van der Waals surface area contributed by atoms with Gasteiger partial charge in [0.25, 0.3) is 0 Å². The number of aliphatic hydroxyl groups is 5. The molecule has 11 nitrogen and oxygen atoms in total. The first-order valence-corrected chi connectivity index (χ1v) is 39.8. The number of hydrogen-bond acceptors (Lipinski definition) is 10. The molecule has 0 radical (unpaired) electrons. The quantitative estimate of drug-likeness (QED) is 0.0195.